The van der Waals surface area contributed by atoms with Crippen LogP contribution in [-0.2, 0) is 11.2 Å². The molecule has 5 nitrogen and oxygen atoms in total. The molecule has 6 heteroatoms. The highest BCUT2D eigenvalue weighted by Crippen LogP contribution is 2.14. The summed E-state index contributed by atoms with van der Waals surface area (Å²) in [6.45, 7) is 9.47. The highest BCUT2D eigenvalue weighted by atomic mass is 127. The summed E-state index contributed by atoms with van der Waals surface area (Å²) in [5.74, 6) is 1.79. The van der Waals surface area contributed by atoms with E-state index in [4.69, 9.17) is 9.47 Å². The lowest BCUT2D eigenvalue weighted by molar-refractivity contribution is 0.117. The number of ether oxygens (including phenoxy) is 2. The van der Waals surface area contributed by atoms with E-state index in [2.05, 4.69) is 34.7 Å². The standard InChI is InChI=1S/C19H31N3O2.HI/c1-4-20-19(22-14-18-6-5-13-23-18)21-12-11-16-7-9-17(10-8-16)24-15(2)3;/h7-10,15,18H,4-6,11-14H2,1-3H3,(H2,20,21,22);1H. The lowest BCUT2D eigenvalue weighted by Gasteiger charge is -2.13. The summed E-state index contributed by atoms with van der Waals surface area (Å²) in [6.07, 6.45) is 3.72. The molecular weight excluding hydrogens is 429 g/mol. The smallest absolute Gasteiger partial charge is 0.191 e. The average molecular weight is 461 g/mol. The summed E-state index contributed by atoms with van der Waals surface area (Å²) < 4.78 is 11.3. The minimum Gasteiger partial charge on any atom is -0.491 e. The summed E-state index contributed by atoms with van der Waals surface area (Å²) in [7, 11) is 0. The number of guanidine groups is 1. The summed E-state index contributed by atoms with van der Waals surface area (Å²) in [5, 5.41) is 6.68. The second-order valence-corrected chi connectivity index (χ2v) is 6.34. The highest BCUT2D eigenvalue weighted by Gasteiger charge is 2.14. The Kier molecular flexibility index (Phi) is 10.9. The fourth-order valence-electron chi connectivity index (χ4n) is 2.66. The van der Waals surface area contributed by atoms with E-state index in [0.717, 1.165) is 57.2 Å². The number of benzene rings is 1. The van der Waals surface area contributed by atoms with Gasteiger partial charge in [-0.05, 0) is 57.7 Å². The fourth-order valence-corrected chi connectivity index (χ4v) is 2.66. The van der Waals surface area contributed by atoms with Crippen molar-refractivity contribution in [2.45, 2.75) is 52.2 Å². The molecule has 1 unspecified atom stereocenters. The Morgan fingerprint density at radius 3 is 2.64 bits per heavy atom. The fraction of sp³-hybridized carbons (Fsp3) is 0.632. The average Bonchev–Trinajstić information content (AvgIpc) is 3.07. The third-order valence-electron chi connectivity index (χ3n) is 3.82. The molecule has 2 rings (SSSR count). The zero-order chi connectivity index (χ0) is 17.2. The quantitative estimate of drug-likeness (QED) is 0.354. The molecule has 1 aliphatic heterocycles. The maximum atomic E-state index is 5.67. The molecule has 1 aromatic rings. The number of halogens is 1. The zero-order valence-electron chi connectivity index (χ0n) is 15.6. The van der Waals surface area contributed by atoms with Crippen LogP contribution < -0.4 is 15.4 Å². The van der Waals surface area contributed by atoms with Crippen LogP contribution in [0.15, 0.2) is 29.3 Å². The molecule has 25 heavy (non-hydrogen) atoms. The van der Waals surface area contributed by atoms with Crippen molar-refractivity contribution < 1.29 is 9.47 Å². The minimum atomic E-state index is 0. The largest absolute Gasteiger partial charge is 0.491 e. The first-order valence-corrected chi connectivity index (χ1v) is 9.06. The van der Waals surface area contributed by atoms with Gasteiger partial charge in [-0.3, -0.25) is 4.99 Å². The van der Waals surface area contributed by atoms with Gasteiger partial charge >= 0.3 is 0 Å². The maximum Gasteiger partial charge on any atom is 0.191 e. The van der Waals surface area contributed by atoms with Crippen LogP contribution in [0.3, 0.4) is 0 Å². The molecule has 0 saturated carbocycles. The lowest BCUT2D eigenvalue weighted by Crippen LogP contribution is -2.38. The van der Waals surface area contributed by atoms with Gasteiger partial charge in [0.25, 0.3) is 0 Å². The van der Waals surface area contributed by atoms with Gasteiger partial charge in [0, 0.05) is 19.7 Å². The van der Waals surface area contributed by atoms with Crippen LogP contribution in [-0.4, -0.2) is 44.4 Å². The van der Waals surface area contributed by atoms with Crippen molar-refractivity contribution in [1.82, 2.24) is 10.6 Å². The van der Waals surface area contributed by atoms with E-state index < -0.39 is 0 Å². The topological polar surface area (TPSA) is 54.9 Å². The van der Waals surface area contributed by atoms with Crippen LogP contribution in [0.25, 0.3) is 0 Å². The molecule has 0 spiro atoms. The SMILES string of the molecule is CCNC(=NCC1CCCO1)NCCc1ccc(OC(C)C)cc1.I. The van der Waals surface area contributed by atoms with E-state index in [9.17, 15) is 0 Å². The Balaban J connectivity index is 0.00000312. The maximum absolute atomic E-state index is 5.67. The van der Waals surface area contributed by atoms with Crippen LogP contribution in [0.1, 0.15) is 39.2 Å². The molecule has 0 amide bonds. The van der Waals surface area contributed by atoms with E-state index in [-0.39, 0.29) is 36.2 Å². The normalized spacial score (nSPS) is 17.3. The molecule has 1 atom stereocenters. The predicted octanol–water partition coefficient (Wildman–Crippen LogP) is 3.37. The zero-order valence-corrected chi connectivity index (χ0v) is 17.9. The molecule has 0 radical (unpaired) electrons. The highest BCUT2D eigenvalue weighted by molar-refractivity contribution is 14.0. The first-order valence-electron chi connectivity index (χ1n) is 9.06. The van der Waals surface area contributed by atoms with Crippen molar-refractivity contribution in [3.05, 3.63) is 29.8 Å². The second-order valence-electron chi connectivity index (χ2n) is 6.34. The van der Waals surface area contributed by atoms with Crippen molar-refractivity contribution in [3.8, 4) is 5.75 Å². The molecule has 0 bridgehead atoms. The molecule has 0 aliphatic carbocycles. The summed E-state index contributed by atoms with van der Waals surface area (Å²) in [6, 6.07) is 8.31. The minimum absolute atomic E-state index is 0. The number of rotatable bonds is 8. The molecule has 1 heterocycles. The van der Waals surface area contributed by atoms with Crippen LogP contribution in [0, 0.1) is 0 Å². The van der Waals surface area contributed by atoms with Crippen molar-refractivity contribution in [1.29, 1.82) is 0 Å². The Morgan fingerprint density at radius 1 is 1.28 bits per heavy atom. The summed E-state index contributed by atoms with van der Waals surface area (Å²) >= 11 is 0. The number of hydrogen-bond donors (Lipinski definition) is 2. The Hall–Kier alpha value is -1.02. The summed E-state index contributed by atoms with van der Waals surface area (Å²) in [5.41, 5.74) is 1.29. The van der Waals surface area contributed by atoms with Gasteiger partial charge in [0.1, 0.15) is 5.75 Å². The molecule has 1 fully saturated rings. The number of nitrogens with zero attached hydrogens (tertiary/aromatic N) is 1. The van der Waals surface area contributed by atoms with Gasteiger partial charge in [0.2, 0.25) is 0 Å². The van der Waals surface area contributed by atoms with E-state index in [1.165, 1.54) is 5.56 Å². The summed E-state index contributed by atoms with van der Waals surface area (Å²) in [4.78, 5) is 4.62. The third-order valence-corrected chi connectivity index (χ3v) is 3.82. The van der Waals surface area contributed by atoms with E-state index >= 15 is 0 Å². The van der Waals surface area contributed by atoms with Crippen LogP contribution in [0.2, 0.25) is 0 Å². The van der Waals surface area contributed by atoms with Crippen molar-refractivity contribution >= 4 is 29.9 Å². The van der Waals surface area contributed by atoms with Crippen molar-refractivity contribution in [2.75, 3.05) is 26.2 Å². The van der Waals surface area contributed by atoms with Gasteiger partial charge in [-0.25, -0.2) is 0 Å². The lowest BCUT2D eigenvalue weighted by atomic mass is 10.1. The van der Waals surface area contributed by atoms with E-state index in [1.807, 2.05) is 26.0 Å². The first-order chi connectivity index (χ1) is 11.7. The number of hydrogen-bond acceptors (Lipinski definition) is 3. The molecular formula is C19H32IN3O2. The second kappa shape index (κ2) is 12.4. The molecule has 142 valence electrons. The predicted molar refractivity (Wildman–Crippen MR) is 114 cm³/mol. The van der Waals surface area contributed by atoms with Gasteiger partial charge in [0.15, 0.2) is 5.96 Å². The van der Waals surface area contributed by atoms with Gasteiger partial charge in [-0.2, -0.15) is 0 Å². The molecule has 1 saturated heterocycles. The molecule has 1 aliphatic rings. The van der Waals surface area contributed by atoms with Crippen LogP contribution in [0.5, 0.6) is 5.75 Å². The molecule has 1 aromatic carbocycles. The Labute approximate surface area is 169 Å². The Morgan fingerprint density at radius 2 is 2.04 bits per heavy atom. The molecule has 2 N–H and O–H groups in total. The molecule has 0 aromatic heterocycles. The third kappa shape index (κ3) is 8.76. The van der Waals surface area contributed by atoms with Crippen LogP contribution >= 0.6 is 24.0 Å². The monoisotopic (exact) mass is 461 g/mol. The van der Waals surface area contributed by atoms with E-state index in [0.29, 0.717) is 0 Å². The van der Waals surface area contributed by atoms with Gasteiger partial charge < -0.3 is 20.1 Å². The van der Waals surface area contributed by atoms with E-state index in [1.54, 1.807) is 0 Å². The van der Waals surface area contributed by atoms with Crippen molar-refractivity contribution in [3.63, 3.8) is 0 Å². The van der Waals surface area contributed by atoms with Crippen LogP contribution in [0.4, 0.5) is 0 Å². The van der Waals surface area contributed by atoms with Gasteiger partial charge in [-0.15, -0.1) is 24.0 Å². The number of aliphatic imine (C=N–C) groups is 1. The first kappa shape index (κ1) is 22.0. The van der Waals surface area contributed by atoms with Crippen molar-refractivity contribution in [2.24, 2.45) is 4.99 Å². The van der Waals surface area contributed by atoms with Gasteiger partial charge in [0.05, 0.1) is 18.8 Å². The Bertz CT molecular complexity index is 500. The number of nitrogens with one attached hydrogen (secondary N) is 2. The van der Waals surface area contributed by atoms with Gasteiger partial charge in [-0.1, -0.05) is 12.1 Å².